The van der Waals surface area contributed by atoms with Gasteiger partial charge in [0, 0.05) is 23.3 Å². The second-order valence-electron chi connectivity index (χ2n) is 7.70. The zero-order valence-electron chi connectivity index (χ0n) is 18.7. The molecule has 0 amide bonds. The third-order valence-electron chi connectivity index (χ3n) is 5.16. The predicted octanol–water partition coefficient (Wildman–Crippen LogP) is 5.97. The van der Waals surface area contributed by atoms with Crippen molar-refractivity contribution in [2.45, 2.75) is 13.1 Å². The first-order chi connectivity index (χ1) is 17.4. The van der Waals surface area contributed by atoms with E-state index < -0.39 is 33.2 Å². The molecule has 10 nitrogen and oxygen atoms in total. The number of hydrogen-bond donors (Lipinski definition) is 0. The first-order valence-electron chi connectivity index (χ1n) is 10.3. The summed E-state index contributed by atoms with van der Waals surface area (Å²) in [6.45, 7) is 1.54. The first-order valence-corrected chi connectivity index (χ1v) is 10.3. The number of rotatable bonds is 6. The molecular formula is C24H14F3N3O7. The maximum absolute atomic E-state index is 12.9. The molecule has 1 aliphatic rings. The molecule has 4 rings (SSSR count). The van der Waals surface area contributed by atoms with Crippen molar-refractivity contribution in [3.8, 4) is 11.5 Å². The summed E-state index contributed by atoms with van der Waals surface area (Å²) in [5.41, 5.74) is -0.944. The zero-order valence-corrected chi connectivity index (χ0v) is 18.7. The van der Waals surface area contributed by atoms with Crippen molar-refractivity contribution in [1.82, 2.24) is 0 Å². The highest BCUT2D eigenvalue weighted by Crippen LogP contribution is 2.38. The number of benzene rings is 3. The topological polar surface area (TPSA) is 134 Å². The lowest BCUT2D eigenvalue weighted by molar-refractivity contribution is -0.385. The number of ether oxygens (including phenoxy) is 2. The molecule has 0 N–H and O–H groups in total. The van der Waals surface area contributed by atoms with E-state index in [4.69, 9.17) is 9.47 Å². The minimum absolute atomic E-state index is 0.0242. The van der Waals surface area contributed by atoms with Crippen molar-refractivity contribution in [3.05, 3.63) is 109 Å². The average molecular weight is 513 g/mol. The van der Waals surface area contributed by atoms with E-state index in [1.165, 1.54) is 48.5 Å². The number of carbonyl (C=O) groups excluding carboxylic acids is 1. The Kier molecular flexibility index (Phi) is 6.45. The van der Waals surface area contributed by atoms with Gasteiger partial charge in [-0.3, -0.25) is 20.2 Å². The van der Waals surface area contributed by atoms with Gasteiger partial charge >= 0.3 is 17.8 Å². The molecule has 1 aliphatic heterocycles. The molecule has 0 bridgehead atoms. The lowest BCUT2D eigenvalue weighted by Crippen LogP contribution is -2.06. The molecule has 1 heterocycles. The van der Waals surface area contributed by atoms with Crippen molar-refractivity contribution in [1.29, 1.82) is 0 Å². The van der Waals surface area contributed by atoms with Crippen molar-refractivity contribution in [2.75, 3.05) is 0 Å². The minimum atomic E-state index is -4.75. The van der Waals surface area contributed by atoms with Crippen LogP contribution in [0.5, 0.6) is 11.5 Å². The van der Waals surface area contributed by atoms with Gasteiger partial charge in [0.2, 0.25) is 11.6 Å². The fraction of sp³-hybridized carbons (Fsp3) is 0.0833. The van der Waals surface area contributed by atoms with E-state index in [2.05, 4.69) is 4.99 Å². The van der Waals surface area contributed by atoms with Crippen LogP contribution >= 0.6 is 0 Å². The number of esters is 1. The molecule has 0 saturated heterocycles. The molecule has 0 aromatic heterocycles. The van der Waals surface area contributed by atoms with Gasteiger partial charge in [0.1, 0.15) is 5.75 Å². The first kappa shape index (κ1) is 25.0. The summed E-state index contributed by atoms with van der Waals surface area (Å²) in [5.74, 6) is -1.05. The van der Waals surface area contributed by atoms with E-state index in [9.17, 15) is 38.2 Å². The number of carbonyl (C=O) groups is 1. The van der Waals surface area contributed by atoms with Gasteiger partial charge in [0.05, 0.1) is 15.4 Å². The molecule has 0 aliphatic carbocycles. The zero-order chi connectivity index (χ0) is 26.9. The van der Waals surface area contributed by atoms with Crippen LogP contribution in [0.25, 0.3) is 6.08 Å². The van der Waals surface area contributed by atoms with Crippen LogP contribution in [-0.2, 0) is 15.7 Å². The van der Waals surface area contributed by atoms with Gasteiger partial charge in [-0.15, -0.1) is 0 Å². The normalized spacial score (nSPS) is 14.3. The lowest BCUT2D eigenvalue weighted by atomic mass is 10.1. The Labute approximate surface area is 205 Å². The van der Waals surface area contributed by atoms with Gasteiger partial charge < -0.3 is 9.47 Å². The number of alkyl halides is 3. The SMILES string of the molecule is Cc1cc(C2=N/C(=C\c3ccc(Oc4ccc(C(F)(F)F)cc4[N+](=O)[O-])cc3)C(=O)O2)ccc1[N+](=O)[O-]. The van der Waals surface area contributed by atoms with Gasteiger partial charge in [0.25, 0.3) is 5.69 Å². The highest BCUT2D eigenvalue weighted by atomic mass is 19.4. The second-order valence-corrected chi connectivity index (χ2v) is 7.70. The smallest absolute Gasteiger partial charge is 0.416 e. The summed E-state index contributed by atoms with van der Waals surface area (Å²) >= 11 is 0. The summed E-state index contributed by atoms with van der Waals surface area (Å²) < 4.78 is 49.2. The Balaban J connectivity index is 1.54. The van der Waals surface area contributed by atoms with E-state index in [-0.39, 0.29) is 28.8 Å². The second kappa shape index (κ2) is 9.53. The van der Waals surface area contributed by atoms with E-state index >= 15 is 0 Å². The maximum Gasteiger partial charge on any atom is 0.416 e. The van der Waals surface area contributed by atoms with Crippen molar-refractivity contribution < 1.29 is 37.3 Å². The molecule has 3 aromatic rings. The largest absolute Gasteiger partial charge is 0.450 e. The third-order valence-corrected chi connectivity index (χ3v) is 5.16. The molecule has 13 heteroatoms. The summed E-state index contributed by atoms with van der Waals surface area (Å²) in [5, 5.41) is 22.2. The third kappa shape index (κ3) is 5.45. The molecule has 0 spiro atoms. The van der Waals surface area contributed by atoms with Crippen LogP contribution in [0, 0.1) is 27.2 Å². The van der Waals surface area contributed by atoms with Gasteiger partial charge in [-0.25, -0.2) is 9.79 Å². The Morgan fingerprint density at radius 2 is 1.62 bits per heavy atom. The standard InChI is InChI=1S/C24H14F3N3O7/c1-13-10-15(4-8-19(13)29(32)33)22-28-18(23(31)37-22)11-14-2-6-17(7-3-14)36-21-9-5-16(24(25,26)27)12-20(21)30(34)35/h2-12H,1H3/b18-11-. The van der Waals surface area contributed by atoms with Crippen LogP contribution in [0.4, 0.5) is 24.5 Å². The fourth-order valence-corrected chi connectivity index (χ4v) is 3.37. The fourth-order valence-electron chi connectivity index (χ4n) is 3.37. The van der Waals surface area contributed by atoms with E-state index in [1.54, 1.807) is 6.92 Å². The molecule has 0 radical (unpaired) electrons. The van der Waals surface area contributed by atoms with E-state index in [0.717, 1.165) is 6.07 Å². The number of aryl methyl sites for hydroxylation is 1. The molecule has 188 valence electrons. The molecule has 0 saturated carbocycles. The van der Waals surface area contributed by atoms with Crippen LogP contribution in [0.2, 0.25) is 0 Å². The van der Waals surface area contributed by atoms with Crippen molar-refractivity contribution >= 4 is 29.3 Å². The van der Waals surface area contributed by atoms with Crippen molar-refractivity contribution in [3.63, 3.8) is 0 Å². The quantitative estimate of drug-likeness (QED) is 0.172. The molecule has 3 aromatic carbocycles. The Bertz CT molecular complexity index is 1500. The number of cyclic esters (lactones) is 1. The Hall–Kier alpha value is -5.07. The van der Waals surface area contributed by atoms with E-state index in [0.29, 0.717) is 28.8 Å². The number of nitro groups is 2. The lowest BCUT2D eigenvalue weighted by Gasteiger charge is -2.10. The van der Waals surface area contributed by atoms with Crippen LogP contribution in [0.1, 0.15) is 22.3 Å². The maximum atomic E-state index is 12.9. The number of halogens is 3. The number of nitro benzene ring substituents is 2. The number of aliphatic imine (C=N–C) groups is 1. The molecular weight excluding hydrogens is 499 g/mol. The highest BCUT2D eigenvalue weighted by Gasteiger charge is 2.33. The summed E-state index contributed by atoms with van der Waals surface area (Å²) in [6.07, 6.45) is -3.35. The van der Waals surface area contributed by atoms with Gasteiger partial charge in [-0.05, 0) is 55.0 Å². The van der Waals surface area contributed by atoms with E-state index in [1.807, 2.05) is 0 Å². The number of hydrogen-bond acceptors (Lipinski definition) is 8. The Morgan fingerprint density at radius 3 is 2.22 bits per heavy atom. The molecule has 37 heavy (non-hydrogen) atoms. The monoisotopic (exact) mass is 513 g/mol. The molecule has 0 atom stereocenters. The summed E-state index contributed by atoms with van der Waals surface area (Å²) in [6, 6.07) is 11.9. The number of nitrogens with zero attached hydrogens (tertiary/aromatic N) is 3. The molecule has 0 unspecified atom stereocenters. The van der Waals surface area contributed by atoms with Gasteiger partial charge in [-0.2, -0.15) is 13.2 Å². The van der Waals surface area contributed by atoms with Crippen molar-refractivity contribution in [2.24, 2.45) is 4.99 Å². The highest BCUT2D eigenvalue weighted by molar-refractivity contribution is 6.13. The van der Waals surface area contributed by atoms with Gasteiger partial charge in [0.15, 0.2) is 5.70 Å². The Morgan fingerprint density at radius 1 is 0.946 bits per heavy atom. The summed E-state index contributed by atoms with van der Waals surface area (Å²) in [7, 11) is 0. The minimum Gasteiger partial charge on any atom is -0.450 e. The van der Waals surface area contributed by atoms with Crippen LogP contribution in [-0.4, -0.2) is 21.7 Å². The van der Waals surface area contributed by atoms with Crippen LogP contribution < -0.4 is 4.74 Å². The van der Waals surface area contributed by atoms with Crippen LogP contribution in [0.3, 0.4) is 0 Å². The molecule has 0 fully saturated rings. The van der Waals surface area contributed by atoms with Crippen LogP contribution in [0.15, 0.2) is 71.4 Å². The summed E-state index contributed by atoms with van der Waals surface area (Å²) in [4.78, 5) is 37.1. The predicted molar refractivity (Wildman–Crippen MR) is 123 cm³/mol. The average Bonchev–Trinajstić information content (AvgIpc) is 3.19. The van der Waals surface area contributed by atoms with Gasteiger partial charge in [-0.1, -0.05) is 12.1 Å².